The summed E-state index contributed by atoms with van der Waals surface area (Å²) in [7, 11) is 2.07. The summed E-state index contributed by atoms with van der Waals surface area (Å²) < 4.78 is 44.3. The van der Waals surface area contributed by atoms with Gasteiger partial charge in [0.15, 0.2) is 0 Å². The fraction of sp³-hybridized carbons (Fsp3) is 0.333. The van der Waals surface area contributed by atoms with Crippen molar-refractivity contribution in [2.75, 3.05) is 69.2 Å². The Morgan fingerprint density at radius 3 is 2.29 bits per heavy atom. The highest BCUT2D eigenvalue weighted by atomic mass is 19.4. The molecule has 0 unspecified atom stereocenters. The maximum absolute atomic E-state index is 14.4. The zero-order valence-corrected chi connectivity index (χ0v) is 24.3. The van der Waals surface area contributed by atoms with Crippen molar-refractivity contribution in [3.8, 4) is 16.9 Å². The van der Waals surface area contributed by atoms with E-state index in [-0.39, 0.29) is 27.8 Å². The van der Waals surface area contributed by atoms with Gasteiger partial charge in [0.25, 0.3) is 5.56 Å². The van der Waals surface area contributed by atoms with Crippen LogP contribution in [-0.4, -0.2) is 93.8 Å². The van der Waals surface area contributed by atoms with E-state index in [9.17, 15) is 22.8 Å². The number of nitrogens with zero attached hydrogens (tertiary/aromatic N) is 8. The van der Waals surface area contributed by atoms with Crippen LogP contribution in [0.25, 0.3) is 38.9 Å². The van der Waals surface area contributed by atoms with Crippen LogP contribution in [0.4, 0.5) is 24.8 Å². The molecule has 15 heteroatoms. The lowest BCUT2D eigenvalue weighted by Crippen LogP contribution is -2.45. The Morgan fingerprint density at radius 1 is 0.844 bits per heavy atom. The molecule has 5 aromatic rings. The normalized spacial score (nSPS) is 16.5. The average Bonchev–Trinajstić information content (AvgIpc) is 3.05. The molecular formula is C30H29F3N10O2. The number of hydrogen-bond donors (Lipinski definition) is 2. The van der Waals surface area contributed by atoms with Crippen molar-refractivity contribution >= 4 is 33.6 Å². The molecule has 2 aliphatic rings. The monoisotopic (exact) mass is 618 g/mol. The van der Waals surface area contributed by atoms with Crippen LogP contribution < -0.4 is 26.4 Å². The van der Waals surface area contributed by atoms with Crippen LogP contribution >= 0.6 is 0 Å². The van der Waals surface area contributed by atoms with E-state index < -0.39 is 23.0 Å². The molecule has 2 N–H and O–H groups in total. The summed E-state index contributed by atoms with van der Waals surface area (Å²) in [6.07, 6.45) is -0.0971. The number of piperazine rings is 2. The highest BCUT2D eigenvalue weighted by Crippen LogP contribution is 2.38. The Bertz CT molecular complexity index is 2010. The highest BCUT2D eigenvalue weighted by Gasteiger charge is 2.36. The second-order valence-electron chi connectivity index (χ2n) is 11.2. The number of benzene rings is 1. The van der Waals surface area contributed by atoms with Crippen LogP contribution in [0.3, 0.4) is 0 Å². The number of fused-ring (bicyclic) bond motifs is 3. The summed E-state index contributed by atoms with van der Waals surface area (Å²) in [5, 5.41) is 3.15. The van der Waals surface area contributed by atoms with Gasteiger partial charge in [0, 0.05) is 82.2 Å². The van der Waals surface area contributed by atoms with Gasteiger partial charge in [0.05, 0.1) is 33.4 Å². The Kier molecular flexibility index (Phi) is 7.20. The first kappa shape index (κ1) is 28.9. The molecule has 0 radical (unpaired) electrons. The van der Waals surface area contributed by atoms with Crippen LogP contribution in [0.2, 0.25) is 0 Å². The number of aromatic nitrogens is 6. The van der Waals surface area contributed by atoms with Crippen LogP contribution in [0.15, 0.2) is 58.5 Å². The predicted molar refractivity (Wildman–Crippen MR) is 164 cm³/mol. The first-order valence-electron chi connectivity index (χ1n) is 14.6. The third kappa shape index (κ3) is 5.37. The number of halogens is 3. The van der Waals surface area contributed by atoms with Gasteiger partial charge in [-0.1, -0.05) is 0 Å². The van der Waals surface area contributed by atoms with Crippen molar-refractivity contribution in [1.82, 2.24) is 39.7 Å². The Balaban J connectivity index is 1.37. The Hall–Kier alpha value is -4.89. The second-order valence-corrected chi connectivity index (χ2v) is 11.2. The molecular weight excluding hydrogens is 589 g/mol. The summed E-state index contributed by atoms with van der Waals surface area (Å²) in [6.45, 7) is 5.35. The lowest BCUT2D eigenvalue weighted by atomic mass is 10.1. The lowest BCUT2D eigenvalue weighted by molar-refractivity contribution is -0.137. The van der Waals surface area contributed by atoms with Crippen molar-refractivity contribution in [3.05, 3.63) is 75.3 Å². The molecule has 2 aliphatic heterocycles. The first-order chi connectivity index (χ1) is 21.7. The lowest BCUT2D eigenvalue weighted by Gasteiger charge is -2.32. The Morgan fingerprint density at radius 2 is 1.58 bits per heavy atom. The summed E-state index contributed by atoms with van der Waals surface area (Å²) in [5.74, 6) is 0.602. The number of pyridine rings is 2. The number of rotatable bonds is 4. The van der Waals surface area contributed by atoms with E-state index in [1.165, 1.54) is 18.3 Å². The SMILES string of the molecule is CN1CCN(c2ncc(-c3ccc4ncc5c(=O)[nH]c(=O)n(-c6ccc(N7CCNCC7)c(C(F)(F)F)c6)c5c4n3)cn2)CC1. The number of likely N-dealkylation sites (N-methyl/N-ethyl adjacent to an activating group) is 1. The quantitative estimate of drug-likeness (QED) is 0.290. The smallest absolute Gasteiger partial charge is 0.368 e. The van der Waals surface area contributed by atoms with E-state index in [4.69, 9.17) is 4.98 Å². The maximum atomic E-state index is 14.4. The standard InChI is InChI=1S/C30H29F3N10O2/c1-40-10-12-42(13-11-40)28-36-15-18(16-37-28)22-3-4-23-25(38-22)26-20(17-35-23)27(44)39-29(45)43(26)19-2-5-24(21(14-19)30(31,32)33)41-8-6-34-7-9-41/h2-5,14-17,34H,6-13H2,1H3,(H,39,44,45). The zero-order chi connectivity index (χ0) is 31.3. The van der Waals surface area contributed by atoms with E-state index >= 15 is 0 Å². The largest absolute Gasteiger partial charge is 0.418 e. The first-order valence-corrected chi connectivity index (χ1v) is 14.6. The molecule has 2 saturated heterocycles. The molecule has 2 fully saturated rings. The third-order valence-corrected chi connectivity index (χ3v) is 8.30. The molecule has 0 bridgehead atoms. The molecule has 7 rings (SSSR count). The maximum Gasteiger partial charge on any atom is 0.418 e. The van der Waals surface area contributed by atoms with Crippen molar-refractivity contribution < 1.29 is 13.2 Å². The van der Waals surface area contributed by atoms with Crippen LogP contribution in [0.1, 0.15) is 5.56 Å². The molecule has 6 heterocycles. The Labute approximate surface area is 254 Å². The van der Waals surface area contributed by atoms with Gasteiger partial charge in [-0.15, -0.1) is 0 Å². The second kappa shape index (κ2) is 11.2. The topological polar surface area (TPSA) is 128 Å². The number of hydrogen-bond acceptors (Lipinski definition) is 10. The predicted octanol–water partition coefficient (Wildman–Crippen LogP) is 2.26. The number of nitrogens with one attached hydrogen (secondary N) is 2. The van der Waals surface area contributed by atoms with Gasteiger partial charge < -0.3 is 20.0 Å². The number of H-pyrrole nitrogens is 1. The van der Waals surface area contributed by atoms with Crippen molar-refractivity contribution in [3.63, 3.8) is 0 Å². The van der Waals surface area contributed by atoms with Crippen molar-refractivity contribution in [2.45, 2.75) is 6.18 Å². The van der Waals surface area contributed by atoms with Gasteiger partial charge in [-0.25, -0.2) is 19.7 Å². The van der Waals surface area contributed by atoms with Crippen LogP contribution in [0, 0.1) is 0 Å². The van der Waals surface area contributed by atoms with E-state index in [0.29, 0.717) is 48.9 Å². The zero-order valence-electron chi connectivity index (χ0n) is 24.3. The summed E-state index contributed by atoms with van der Waals surface area (Å²) >= 11 is 0. The molecule has 12 nitrogen and oxygen atoms in total. The van der Waals surface area contributed by atoms with Crippen LogP contribution in [0.5, 0.6) is 0 Å². The van der Waals surface area contributed by atoms with E-state index in [1.807, 2.05) is 0 Å². The van der Waals surface area contributed by atoms with Crippen molar-refractivity contribution in [2.24, 2.45) is 0 Å². The minimum atomic E-state index is -4.69. The molecule has 0 aliphatic carbocycles. The fourth-order valence-corrected chi connectivity index (χ4v) is 5.87. The summed E-state index contributed by atoms with van der Waals surface area (Å²) in [6, 6.07) is 7.16. The molecule has 1 aromatic carbocycles. The average molecular weight is 619 g/mol. The van der Waals surface area contributed by atoms with Gasteiger partial charge in [-0.05, 0) is 37.4 Å². The molecule has 0 saturated carbocycles. The number of aromatic amines is 1. The van der Waals surface area contributed by atoms with Crippen molar-refractivity contribution in [1.29, 1.82) is 0 Å². The summed E-state index contributed by atoms with van der Waals surface area (Å²) in [4.78, 5) is 52.6. The molecule has 0 atom stereocenters. The molecule has 232 valence electrons. The molecule has 0 spiro atoms. The highest BCUT2D eigenvalue weighted by molar-refractivity contribution is 6.01. The van der Waals surface area contributed by atoms with E-state index in [0.717, 1.165) is 36.8 Å². The fourth-order valence-electron chi connectivity index (χ4n) is 5.87. The van der Waals surface area contributed by atoms with E-state index in [1.54, 1.807) is 29.4 Å². The summed E-state index contributed by atoms with van der Waals surface area (Å²) in [5.41, 5.74) is -0.906. The molecule has 45 heavy (non-hydrogen) atoms. The minimum absolute atomic E-state index is 0.00755. The third-order valence-electron chi connectivity index (χ3n) is 8.30. The molecule has 4 aromatic heterocycles. The number of alkyl halides is 3. The molecule has 0 amide bonds. The van der Waals surface area contributed by atoms with E-state index in [2.05, 4.69) is 42.1 Å². The van der Waals surface area contributed by atoms with Crippen LogP contribution in [-0.2, 0) is 6.18 Å². The van der Waals surface area contributed by atoms with Gasteiger partial charge in [0.1, 0.15) is 5.52 Å². The number of anilines is 2. The van der Waals surface area contributed by atoms with Gasteiger partial charge >= 0.3 is 11.9 Å². The van der Waals surface area contributed by atoms with Gasteiger partial charge in [0.2, 0.25) is 5.95 Å². The van der Waals surface area contributed by atoms with Gasteiger partial charge in [-0.2, -0.15) is 13.2 Å². The minimum Gasteiger partial charge on any atom is -0.368 e. The van der Waals surface area contributed by atoms with Gasteiger partial charge in [-0.3, -0.25) is 19.3 Å².